The van der Waals surface area contributed by atoms with Crippen LogP contribution in [0.25, 0.3) is 16.9 Å². The number of hydrogen-bond acceptors (Lipinski definition) is 6. The molecule has 0 radical (unpaired) electrons. The molecule has 9 heteroatoms. The highest BCUT2D eigenvalue weighted by Gasteiger charge is 2.21. The fourth-order valence-corrected chi connectivity index (χ4v) is 4.17. The van der Waals surface area contributed by atoms with Gasteiger partial charge in [-0.2, -0.15) is 0 Å². The van der Waals surface area contributed by atoms with Crippen LogP contribution in [0.2, 0.25) is 0 Å². The van der Waals surface area contributed by atoms with Crippen molar-refractivity contribution >= 4 is 15.7 Å². The molecule has 1 aliphatic carbocycles. The summed E-state index contributed by atoms with van der Waals surface area (Å²) in [6, 6.07) is 10.2. The first-order valence-corrected chi connectivity index (χ1v) is 10.7. The van der Waals surface area contributed by atoms with E-state index in [0.717, 1.165) is 25.7 Å². The molecule has 2 aromatic heterocycles. The van der Waals surface area contributed by atoms with Crippen LogP contribution in [0.5, 0.6) is 5.88 Å². The second kappa shape index (κ2) is 7.50. The summed E-state index contributed by atoms with van der Waals surface area (Å²) in [7, 11) is -2.16. The number of hydrogen-bond donors (Lipinski definition) is 2. The monoisotopic (exact) mass is 402 g/mol. The Labute approximate surface area is 163 Å². The molecule has 1 aromatic carbocycles. The van der Waals surface area contributed by atoms with Crippen molar-refractivity contribution in [3.05, 3.63) is 42.6 Å². The third kappa shape index (κ3) is 3.73. The summed E-state index contributed by atoms with van der Waals surface area (Å²) in [6.07, 6.45) is 4.50. The fraction of sp³-hybridized carbons (Fsp3) is 0.368. The van der Waals surface area contributed by atoms with Gasteiger partial charge in [0.05, 0.1) is 22.9 Å². The van der Waals surface area contributed by atoms with Crippen LogP contribution >= 0.6 is 0 Å². The Morgan fingerprint density at radius 1 is 1.18 bits per heavy atom. The maximum Gasteiger partial charge on any atom is 0.240 e. The van der Waals surface area contributed by atoms with E-state index in [2.05, 4.69) is 14.8 Å². The van der Waals surface area contributed by atoms with E-state index in [1.165, 1.54) is 13.1 Å². The Morgan fingerprint density at radius 2 is 1.96 bits per heavy atom. The van der Waals surface area contributed by atoms with Gasteiger partial charge in [-0.3, -0.25) is 0 Å². The summed E-state index contributed by atoms with van der Waals surface area (Å²) in [5, 5.41) is 14.2. The van der Waals surface area contributed by atoms with Gasteiger partial charge in [0.2, 0.25) is 15.9 Å². The lowest BCUT2D eigenvalue weighted by molar-refractivity contribution is 0.0637. The highest BCUT2D eigenvalue weighted by atomic mass is 32.2. The molecule has 4 rings (SSSR count). The highest BCUT2D eigenvalue weighted by molar-refractivity contribution is 7.89. The Hall–Kier alpha value is -2.49. The number of aliphatic hydroxyl groups is 1. The molecule has 3 aromatic rings. The number of rotatable bonds is 5. The van der Waals surface area contributed by atoms with Crippen molar-refractivity contribution < 1.29 is 18.3 Å². The van der Waals surface area contributed by atoms with Gasteiger partial charge in [0.15, 0.2) is 5.65 Å². The second-order valence-corrected chi connectivity index (χ2v) is 8.76. The van der Waals surface area contributed by atoms with Crippen LogP contribution in [-0.2, 0) is 10.0 Å². The van der Waals surface area contributed by atoms with Crippen molar-refractivity contribution in [2.45, 2.75) is 42.8 Å². The standard InChI is InChI=1S/C19H22N4O4S/c1-20-28(25,26)16-4-2-3-13(11-16)17-12-21-18-9-10-19(22-23(17)18)27-15-7-5-14(24)6-8-15/h2-4,9-12,14-15,20,24H,5-8H2,1H3/t14-,15-. The van der Waals surface area contributed by atoms with E-state index < -0.39 is 10.0 Å². The number of nitrogens with one attached hydrogen (secondary N) is 1. The number of aliphatic hydroxyl groups excluding tert-OH is 1. The minimum Gasteiger partial charge on any atom is -0.473 e. The second-order valence-electron chi connectivity index (χ2n) is 6.87. The summed E-state index contributed by atoms with van der Waals surface area (Å²) >= 11 is 0. The minimum absolute atomic E-state index is 0.0319. The lowest BCUT2D eigenvalue weighted by Gasteiger charge is -2.25. The smallest absolute Gasteiger partial charge is 0.240 e. The minimum atomic E-state index is -3.54. The van der Waals surface area contributed by atoms with Gasteiger partial charge in [-0.15, -0.1) is 5.10 Å². The Kier molecular flexibility index (Phi) is 5.05. The zero-order valence-corrected chi connectivity index (χ0v) is 16.3. The highest BCUT2D eigenvalue weighted by Crippen LogP contribution is 2.26. The summed E-state index contributed by atoms with van der Waals surface area (Å²) in [5.74, 6) is 0.479. The van der Waals surface area contributed by atoms with Crippen LogP contribution in [0.15, 0.2) is 47.5 Å². The van der Waals surface area contributed by atoms with Gasteiger partial charge in [0.1, 0.15) is 6.10 Å². The zero-order valence-electron chi connectivity index (χ0n) is 15.4. The number of sulfonamides is 1. The maximum atomic E-state index is 12.1. The van der Waals surface area contributed by atoms with E-state index in [0.29, 0.717) is 22.8 Å². The van der Waals surface area contributed by atoms with Crippen molar-refractivity contribution in [3.63, 3.8) is 0 Å². The molecule has 1 aliphatic rings. The average molecular weight is 402 g/mol. The summed E-state index contributed by atoms with van der Waals surface area (Å²) in [4.78, 5) is 4.53. The van der Waals surface area contributed by atoms with Crippen LogP contribution in [0.1, 0.15) is 25.7 Å². The first-order valence-electron chi connectivity index (χ1n) is 9.20. The van der Waals surface area contributed by atoms with E-state index >= 15 is 0 Å². The molecule has 2 N–H and O–H groups in total. The maximum absolute atomic E-state index is 12.1. The molecule has 0 amide bonds. The number of nitrogens with zero attached hydrogens (tertiary/aromatic N) is 3. The third-order valence-corrected chi connectivity index (χ3v) is 6.39. The average Bonchev–Trinajstić information content (AvgIpc) is 3.13. The summed E-state index contributed by atoms with van der Waals surface area (Å²) in [5.41, 5.74) is 2.00. The molecule has 0 unspecified atom stereocenters. The Morgan fingerprint density at radius 3 is 2.71 bits per heavy atom. The van der Waals surface area contributed by atoms with Gasteiger partial charge < -0.3 is 9.84 Å². The molecule has 28 heavy (non-hydrogen) atoms. The van der Waals surface area contributed by atoms with Gasteiger partial charge in [-0.05, 0) is 50.9 Å². The molecule has 0 aliphatic heterocycles. The van der Waals surface area contributed by atoms with E-state index in [9.17, 15) is 13.5 Å². The molecule has 1 fully saturated rings. The van der Waals surface area contributed by atoms with Gasteiger partial charge in [0.25, 0.3) is 0 Å². The molecule has 148 valence electrons. The summed E-state index contributed by atoms with van der Waals surface area (Å²) in [6.45, 7) is 0. The predicted molar refractivity (Wildman–Crippen MR) is 104 cm³/mol. The molecular formula is C19H22N4O4S. The van der Waals surface area contributed by atoms with Crippen LogP contribution < -0.4 is 9.46 Å². The van der Waals surface area contributed by atoms with E-state index in [1.807, 2.05) is 12.1 Å². The molecule has 0 bridgehead atoms. The van der Waals surface area contributed by atoms with Crippen LogP contribution in [0.3, 0.4) is 0 Å². The van der Waals surface area contributed by atoms with E-state index in [4.69, 9.17) is 4.74 Å². The van der Waals surface area contributed by atoms with Gasteiger partial charge in [-0.1, -0.05) is 12.1 Å². The molecule has 0 atom stereocenters. The van der Waals surface area contributed by atoms with Gasteiger partial charge >= 0.3 is 0 Å². The van der Waals surface area contributed by atoms with Crippen molar-refractivity contribution in [1.29, 1.82) is 0 Å². The lowest BCUT2D eigenvalue weighted by atomic mass is 9.95. The topological polar surface area (TPSA) is 106 Å². The van der Waals surface area contributed by atoms with Crippen LogP contribution in [-0.4, -0.2) is 47.4 Å². The number of ether oxygens (including phenoxy) is 1. The first-order chi connectivity index (χ1) is 13.5. The van der Waals surface area contributed by atoms with Crippen LogP contribution in [0, 0.1) is 0 Å². The number of benzene rings is 1. The van der Waals surface area contributed by atoms with E-state index in [1.54, 1.807) is 28.9 Å². The Bertz CT molecular complexity index is 1090. The molecule has 1 saturated carbocycles. The zero-order chi connectivity index (χ0) is 19.7. The number of aromatic nitrogens is 3. The largest absolute Gasteiger partial charge is 0.473 e. The quantitative estimate of drug-likeness (QED) is 0.676. The number of fused-ring (bicyclic) bond motifs is 1. The molecule has 8 nitrogen and oxygen atoms in total. The fourth-order valence-electron chi connectivity index (χ4n) is 3.39. The van der Waals surface area contributed by atoms with Crippen molar-refractivity contribution in [2.75, 3.05) is 7.05 Å². The lowest BCUT2D eigenvalue weighted by Crippen LogP contribution is -2.26. The summed E-state index contributed by atoms with van der Waals surface area (Å²) < 4.78 is 34.2. The molecule has 0 spiro atoms. The molecule has 0 saturated heterocycles. The SMILES string of the molecule is CNS(=O)(=O)c1cccc(-c2cnc3ccc(O[C@H]4CC[C@H](O)CC4)nn23)c1. The number of imidazole rings is 1. The first kappa shape index (κ1) is 18.9. The van der Waals surface area contributed by atoms with Crippen molar-refractivity contribution in [2.24, 2.45) is 0 Å². The molecule has 2 heterocycles. The van der Waals surface area contributed by atoms with Crippen molar-refractivity contribution in [3.8, 4) is 17.1 Å². The predicted octanol–water partition coefficient (Wildman–Crippen LogP) is 1.99. The Balaban J connectivity index is 1.66. The molecular weight excluding hydrogens is 380 g/mol. The third-order valence-electron chi connectivity index (χ3n) is 4.98. The van der Waals surface area contributed by atoms with E-state index in [-0.39, 0.29) is 17.1 Å². The van der Waals surface area contributed by atoms with Gasteiger partial charge in [0, 0.05) is 11.6 Å². The van der Waals surface area contributed by atoms with Crippen LogP contribution in [0.4, 0.5) is 0 Å². The van der Waals surface area contributed by atoms with Gasteiger partial charge in [-0.25, -0.2) is 22.6 Å². The van der Waals surface area contributed by atoms with Crippen molar-refractivity contribution in [1.82, 2.24) is 19.3 Å². The normalized spacial score (nSPS) is 20.4.